The van der Waals surface area contributed by atoms with Crippen molar-refractivity contribution in [3.05, 3.63) is 59.2 Å². The van der Waals surface area contributed by atoms with E-state index in [-0.39, 0.29) is 13.5 Å². The quantitative estimate of drug-likeness (QED) is 0.273. The van der Waals surface area contributed by atoms with Gasteiger partial charge in [-0.3, -0.25) is 0 Å². The van der Waals surface area contributed by atoms with Crippen molar-refractivity contribution in [1.29, 1.82) is 0 Å². The normalized spacial score (nSPS) is 24.9. The second kappa shape index (κ2) is 11.8. The maximum atomic E-state index is 4.19. The molecule has 129 valence electrons. The Balaban J connectivity index is 0. The molecule has 3 heteroatoms. The standard InChI is InChI=1S/2C10H15.H2S.S.Ta/c2*1-6-7(2)9(4)10(5)8(6)3;;;/h2*1-5H3;1H2;;/p-1. The van der Waals surface area contributed by atoms with Gasteiger partial charge in [0.1, 0.15) is 0 Å². The van der Waals surface area contributed by atoms with Crippen molar-refractivity contribution >= 4 is 23.1 Å². The fourth-order valence-electron chi connectivity index (χ4n) is 2.81. The third-order valence-corrected chi connectivity index (χ3v) is 5.62. The summed E-state index contributed by atoms with van der Waals surface area (Å²) in [6, 6.07) is 0. The summed E-state index contributed by atoms with van der Waals surface area (Å²) in [6.07, 6.45) is 0. The summed E-state index contributed by atoms with van der Waals surface area (Å²) < 4.78 is 0. The third kappa shape index (κ3) is 6.20. The molecule has 0 aliphatic heterocycles. The molecule has 23 heavy (non-hydrogen) atoms. The summed E-state index contributed by atoms with van der Waals surface area (Å²) in [5.41, 5.74) is 0. The fourth-order valence-corrected chi connectivity index (χ4v) is 2.81. The zero-order valence-corrected chi connectivity index (χ0v) is 21.2. The fraction of sp³-hybridized carbons (Fsp3) is 0.500. The van der Waals surface area contributed by atoms with Gasteiger partial charge in [0.25, 0.3) is 0 Å². The van der Waals surface area contributed by atoms with Gasteiger partial charge in [0.2, 0.25) is 0 Å². The van der Waals surface area contributed by atoms with Crippen LogP contribution in [-0.4, -0.2) is 0 Å². The Bertz CT molecular complexity index is 203. The average molecular weight is 517 g/mol. The van der Waals surface area contributed by atoms with Crippen LogP contribution < -0.4 is 0 Å². The van der Waals surface area contributed by atoms with E-state index in [4.69, 9.17) is 0 Å². The molecule has 0 unspecified atom stereocenters. The van der Waals surface area contributed by atoms with Crippen molar-refractivity contribution in [3.63, 3.8) is 0 Å². The molecule has 2 rings (SSSR count). The van der Waals surface area contributed by atoms with Crippen LogP contribution in [0.3, 0.4) is 0 Å². The van der Waals surface area contributed by atoms with Crippen LogP contribution in [0.1, 0.15) is 69.2 Å². The average Bonchev–Trinajstić information content (AvgIpc) is 2.81. The number of hydrogen-bond acceptors (Lipinski definition) is 2. The summed E-state index contributed by atoms with van der Waals surface area (Å²) >= 11 is 1.03. The summed E-state index contributed by atoms with van der Waals surface area (Å²) in [7, 11) is 4.19. The van der Waals surface area contributed by atoms with Gasteiger partial charge < -0.3 is 13.5 Å². The molecule has 0 spiro atoms. The van der Waals surface area contributed by atoms with E-state index in [1.54, 1.807) is 0 Å². The van der Waals surface area contributed by atoms with Gasteiger partial charge in [-0.15, -0.1) is 0 Å². The van der Waals surface area contributed by atoms with Gasteiger partial charge in [-0.1, -0.05) is 69.2 Å². The van der Waals surface area contributed by atoms with Crippen LogP contribution in [0.4, 0.5) is 0 Å². The summed E-state index contributed by atoms with van der Waals surface area (Å²) in [6.45, 7) is 22.0. The molecule has 0 nitrogen and oxygen atoms in total. The maximum absolute atomic E-state index is 4.19. The Labute approximate surface area is 170 Å². The van der Waals surface area contributed by atoms with Crippen molar-refractivity contribution in [2.45, 2.75) is 69.2 Å². The molecule has 2 aliphatic carbocycles. The molecule has 0 atom stereocenters. The zero-order chi connectivity index (χ0) is 17.8. The first kappa shape index (κ1) is 26.5. The first-order chi connectivity index (χ1) is 10.1. The van der Waals surface area contributed by atoms with E-state index < -0.39 is 0 Å². The van der Waals surface area contributed by atoms with E-state index in [2.05, 4.69) is 78.8 Å². The third-order valence-electron chi connectivity index (χ3n) is 5.62. The molecule has 10 radical (unpaired) electrons. The van der Waals surface area contributed by atoms with Crippen molar-refractivity contribution < 1.29 is 19.2 Å². The van der Waals surface area contributed by atoms with Gasteiger partial charge in [0, 0.05) is 0 Å². The molecule has 2 fully saturated rings. The van der Waals surface area contributed by atoms with E-state index in [0.29, 0.717) is 0 Å². The van der Waals surface area contributed by atoms with Crippen LogP contribution in [0.25, 0.3) is 0 Å². The van der Waals surface area contributed by atoms with E-state index >= 15 is 0 Å². The SMILES string of the molecule is C[C]1[C](C)[C](C)[C](C)[C]1C.C[C]1[C](C)[C](C)[C](C)[C]1C.[SH-].[S]=[Ta]. The Morgan fingerprint density at radius 1 is 0.348 bits per heavy atom. The molecule has 0 bridgehead atoms. The van der Waals surface area contributed by atoms with Crippen LogP contribution in [0, 0.1) is 59.2 Å². The number of hydrogen-bond donors (Lipinski definition) is 0. The number of thiol groups is 1. The molecule has 2 aliphatic rings. The van der Waals surface area contributed by atoms with E-state index in [1.807, 2.05) is 0 Å². The van der Waals surface area contributed by atoms with Gasteiger partial charge in [0.05, 0.1) is 0 Å². The Morgan fingerprint density at radius 3 is 0.435 bits per heavy atom. The van der Waals surface area contributed by atoms with Crippen molar-refractivity contribution in [2.24, 2.45) is 0 Å². The van der Waals surface area contributed by atoms with E-state index in [0.717, 1.165) is 19.2 Å². The Kier molecular flexibility index (Phi) is 13.7. The van der Waals surface area contributed by atoms with Gasteiger partial charge in [-0.05, 0) is 59.2 Å². The van der Waals surface area contributed by atoms with E-state index in [1.165, 1.54) is 59.2 Å². The molecule has 0 heterocycles. The van der Waals surface area contributed by atoms with Crippen LogP contribution in [-0.2, 0) is 32.7 Å². The van der Waals surface area contributed by atoms with Crippen molar-refractivity contribution in [2.75, 3.05) is 0 Å². The van der Waals surface area contributed by atoms with Gasteiger partial charge in [-0.2, -0.15) is 0 Å². The van der Waals surface area contributed by atoms with Gasteiger partial charge in [0.15, 0.2) is 0 Å². The van der Waals surface area contributed by atoms with Crippen LogP contribution in [0.5, 0.6) is 0 Å². The molecule has 2 saturated carbocycles. The van der Waals surface area contributed by atoms with Crippen LogP contribution >= 0.6 is 9.58 Å². The Morgan fingerprint density at radius 2 is 0.391 bits per heavy atom. The first-order valence-electron chi connectivity index (χ1n) is 7.68. The summed E-state index contributed by atoms with van der Waals surface area (Å²) in [5.74, 6) is 14.7. The monoisotopic (exact) mass is 516 g/mol. The molecule has 0 amide bonds. The Hall–Kier alpha value is 1.31. The second-order valence-corrected chi connectivity index (χ2v) is 6.25. The predicted octanol–water partition coefficient (Wildman–Crippen LogP) is 6.32. The van der Waals surface area contributed by atoms with Crippen molar-refractivity contribution in [3.8, 4) is 0 Å². The molecule has 0 aromatic carbocycles. The number of rotatable bonds is 0. The zero-order valence-electron chi connectivity index (χ0n) is 16.3. The van der Waals surface area contributed by atoms with Gasteiger partial charge in [-0.25, -0.2) is 0 Å². The van der Waals surface area contributed by atoms with Gasteiger partial charge >= 0.3 is 28.8 Å². The summed E-state index contributed by atoms with van der Waals surface area (Å²) in [4.78, 5) is 0. The second-order valence-electron chi connectivity index (χ2n) is 6.25. The van der Waals surface area contributed by atoms with Crippen LogP contribution in [0.15, 0.2) is 0 Å². The minimum absolute atomic E-state index is 0. The topological polar surface area (TPSA) is 0 Å². The predicted molar refractivity (Wildman–Crippen MR) is 106 cm³/mol. The van der Waals surface area contributed by atoms with Crippen LogP contribution in [0.2, 0.25) is 0 Å². The molecular weight excluding hydrogens is 485 g/mol. The molecule has 0 aromatic rings. The molecule has 0 aromatic heterocycles. The van der Waals surface area contributed by atoms with Crippen molar-refractivity contribution in [1.82, 2.24) is 0 Å². The first-order valence-corrected chi connectivity index (χ1v) is 12.0. The molecule has 0 saturated heterocycles. The van der Waals surface area contributed by atoms with E-state index in [9.17, 15) is 0 Å². The minimum atomic E-state index is 0. The molecular formula is C20H31S2Ta-. The molecule has 0 N–H and O–H groups in total. The summed E-state index contributed by atoms with van der Waals surface area (Å²) in [5, 5.41) is 0.